The molecule has 0 aliphatic heterocycles. The number of hydrogen-bond acceptors (Lipinski definition) is 2. The van der Waals surface area contributed by atoms with Gasteiger partial charge in [0, 0.05) is 8.41 Å². The third-order valence-corrected chi connectivity index (χ3v) is 4.10. The van der Waals surface area contributed by atoms with Gasteiger partial charge >= 0.3 is 12.4 Å². The van der Waals surface area contributed by atoms with Crippen LogP contribution in [0, 0.1) is 0 Å². The zero-order chi connectivity index (χ0) is 24.8. The van der Waals surface area contributed by atoms with E-state index in [2.05, 4.69) is 9.47 Å². The standard InChI is InChI=1S/2C10H9F5O.B/c2*1-9(8(11)12,10(13,14)15)16-7-5-3-2-4-6-7;/h2*2-6,8H,1H3;. The minimum atomic E-state index is -5.14. The summed E-state index contributed by atoms with van der Waals surface area (Å²) < 4.78 is 133. The number of benzene rings is 2. The van der Waals surface area contributed by atoms with E-state index >= 15 is 0 Å². The molecular formula is C20H18BF10O2. The summed E-state index contributed by atoms with van der Waals surface area (Å²) in [6, 6.07) is 13.4. The van der Waals surface area contributed by atoms with Gasteiger partial charge in [-0.1, -0.05) is 36.4 Å². The zero-order valence-corrected chi connectivity index (χ0v) is 17.1. The Hall–Kier alpha value is -2.60. The van der Waals surface area contributed by atoms with Crippen LogP contribution >= 0.6 is 0 Å². The quantitative estimate of drug-likeness (QED) is 0.323. The predicted molar refractivity (Wildman–Crippen MR) is 101 cm³/mol. The second-order valence-electron chi connectivity index (χ2n) is 6.64. The van der Waals surface area contributed by atoms with Crippen molar-refractivity contribution in [2.45, 2.75) is 50.3 Å². The number of hydrogen-bond donors (Lipinski definition) is 0. The molecule has 0 fully saturated rings. The van der Waals surface area contributed by atoms with Crippen molar-refractivity contribution in [2.75, 3.05) is 0 Å². The molecule has 0 saturated carbocycles. The predicted octanol–water partition coefficient (Wildman–Crippen LogP) is 6.92. The maximum atomic E-state index is 12.4. The molecule has 0 N–H and O–H groups in total. The lowest BCUT2D eigenvalue weighted by Crippen LogP contribution is -2.53. The topological polar surface area (TPSA) is 18.5 Å². The van der Waals surface area contributed by atoms with E-state index < -0.39 is 36.4 Å². The first kappa shape index (κ1) is 30.4. The van der Waals surface area contributed by atoms with Crippen molar-refractivity contribution in [2.24, 2.45) is 0 Å². The van der Waals surface area contributed by atoms with Crippen LogP contribution in [-0.2, 0) is 0 Å². The molecule has 0 amide bonds. The SMILES string of the molecule is CC(Oc1ccccc1)(C(F)F)C(F)(F)F.CC(Oc1ccccc1)(C(F)F)C(F)(F)F.[B]. The molecule has 2 rings (SSSR count). The fourth-order valence-electron chi connectivity index (χ4n) is 1.92. The summed E-state index contributed by atoms with van der Waals surface area (Å²) in [5.74, 6) is -0.495. The molecule has 0 spiro atoms. The van der Waals surface area contributed by atoms with Gasteiger partial charge in [0.05, 0.1) is 0 Å². The average Bonchev–Trinajstić information content (AvgIpc) is 2.68. The second kappa shape index (κ2) is 11.5. The lowest BCUT2D eigenvalue weighted by atomic mass is 10.1. The molecule has 2 nitrogen and oxygen atoms in total. The lowest BCUT2D eigenvalue weighted by Gasteiger charge is -2.31. The Kier molecular flexibility index (Phi) is 10.6. The van der Waals surface area contributed by atoms with Gasteiger partial charge in [-0.3, -0.25) is 0 Å². The summed E-state index contributed by atoms with van der Waals surface area (Å²) in [6.07, 6.45) is -17.6. The van der Waals surface area contributed by atoms with Gasteiger partial charge < -0.3 is 9.47 Å². The molecule has 2 aromatic rings. The molecule has 0 aliphatic carbocycles. The van der Waals surface area contributed by atoms with Gasteiger partial charge in [-0.2, -0.15) is 26.3 Å². The zero-order valence-electron chi connectivity index (χ0n) is 17.1. The van der Waals surface area contributed by atoms with Crippen LogP contribution in [0.25, 0.3) is 0 Å². The monoisotopic (exact) mass is 491 g/mol. The van der Waals surface area contributed by atoms with Crippen LogP contribution in [0.2, 0.25) is 0 Å². The Morgan fingerprint density at radius 2 is 0.788 bits per heavy atom. The van der Waals surface area contributed by atoms with Crippen molar-refractivity contribution in [3.8, 4) is 11.5 Å². The fourth-order valence-corrected chi connectivity index (χ4v) is 1.92. The number of alkyl halides is 10. The molecule has 0 bridgehead atoms. The number of rotatable bonds is 6. The van der Waals surface area contributed by atoms with Crippen molar-refractivity contribution < 1.29 is 53.4 Å². The Morgan fingerprint density at radius 1 is 0.545 bits per heavy atom. The highest BCUT2D eigenvalue weighted by Crippen LogP contribution is 2.40. The maximum Gasteiger partial charge on any atom is 0.433 e. The Labute approximate surface area is 185 Å². The molecule has 0 aromatic heterocycles. The molecule has 33 heavy (non-hydrogen) atoms. The van der Waals surface area contributed by atoms with Gasteiger partial charge in [0.1, 0.15) is 11.5 Å². The van der Waals surface area contributed by atoms with E-state index in [0.717, 1.165) is 0 Å². The van der Waals surface area contributed by atoms with Crippen molar-refractivity contribution in [1.29, 1.82) is 0 Å². The van der Waals surface area contributed by atoms with E-state index in [1.807, 2.05) is 0 Å². The Bertz CT molecular complexity index is 746. The summed E-state index contributed by atoms with van der Waals surface area (Å²) in [5, 5.41) is 0. The van der Waals surface area contributed by atoms with E-state index in [4.69, 9.17) is 0 Å². The lowest BCUT2D eigenvalue weighted by molar-refractivity contribution is -0.279. The summed E-state index contributed by atoms with van der Waals surface area (Å²) in [7, 11) is 0. The molecule has 183 valence electrons. The third kappa shape index (κ3) is 7.74. The first-order valence-electron chi connectivity index (χ1n) is 8.72. The molecule has 13 heteroatoms. The summed E-state index contributed by atoms with van der Waals surface area (Å²) in [5.41, 5.74) is -6.98. The van der Waals surface area contributed by atoms with E-state index in [-0.39, 0.29) is 19.9 Å². The molecule has 2 aromatic carbocycles. The van der Waals surface area contributed by atoms with Crippen molar-refractivity contribution in [3.63, 3.8) is 0 Å². The van der Waals surface area contributed by atoms with Crippen molar-refractivity contribution >= 4 is 8.41 Å². The van der Waals surface area contributed by atoms with Gasteiger partial charge in [0.2, 0.25) is 0 Å². The highest BCUT2D eigenvalue weighted by molar-refractivity contribution is 5.75. The molecule has 2 atom stereocenters. The van der Waals surface area contributed by atoms with Gasteiger partial charge in [-0.15, -0.1) is 0 Å². The minimum Gasteiger partial charge on any atom is -0.472 e. The average molecular weight is 491 g/mol. The van der Waals surface area contributed by atoms with Crippen LogP contribution < -0.4 is 9.47 Å². The summed E-state index contributed by atoms with van der Waals surface area (Å²) >= 11 is 0. The van der Waals surface area contributed by atoms with Crippen LogP contribution in [0.5, 0.6) is 11.5 Å². The van der Waals surface area contributed by atoms with Crippen LogP contribution in [0.4, 0.5) is 43.9 Å². The van der Waals surface area contributed by atoms with Crippen molar-refractivity contribution in [3.05, 3.63) is 60.7 Å². The van der Waals surface area contributed by atoms with E-state index in [0.29, 0.717) is 13.8 Å². The highest BCUT2D eigenvalue weighted by Gasteiger charge is 2.61. The molecule has 0 aliphatic rings. The molecular weight excluding hydrogens is 473 g/mol. The fraction of sp³-hybridized carbons (Fsp3) is 0.400. The van der Waals surface area contributed by atoms with Gasteiger partial charge in [-0.05, 0) is 38.1 Å². The van der Waals surface area contributed by atoms with E-state index in [1.165, 1.54) is 48.5 Å². The van der Waals surface area contributed by atoms with Gasteiger partial charge in [0.25, 0.3) is 24.1 Å². The second-order valence-corrected chi connectivity index (χ2v) is 6.64. The summed E-state index contributed by atoms with van der Waals surface area (Å²) in [6.45, 7) is 0.648. The molecule has 0 saturated heterocycles. The smallest absolute Gasteiger partial charge is 0.433 e. The number of para-hydroxylation sites is 2. The van der Waals surface area contributed by atoms with E-state index in [1.54, 1.807) is 12.1 Å². The van der Waals surface area contributed by atoms with Crippen LogP contribution in [-0.4, -0.2) is 44.8 Å². The third-order valence-electron chi connectivity index (χ3n) is 4.10. The first-order valence-corrected chi connectivity index (χ1v) is 8.72. The summed E-state index contributed by atoms with van der Waals surface area (Å²) in [4.78, 5) is 0. The van der Waals surface area contributed by atoms with Crippen LogP contribution in [0.15, 0.2) is 60.7 Å². The Balaban J connectivity index is 0.000000602. The normalized spacial score (nSPS) is 15.5. The largest absolute Gasteiger partial charge is 0.472 e. The minimum absolute atomic E-state index is 0. The van der Waals surface area contributed by atoms with Crippen molar-refractivity contribution in [1.82, 2.24) is 0 Å². The molecule has 3 radical (unpaired) electrons. The molecule has 2 unspecified atom stereocenters. The number of ether oxygens (including phenoxy) is 2. The van der Waals surface area contributed by atoms with Gasteiger partial charge in [0.15, 0.2) is 0 Å². The van der Waals surface area contributed by atoms with Crippen LogP contribution in [0.1, 0.15) is 13.8 Å². The molecule has 0 heterocycles. The maximum absolute atomic E-state index is 12.4. The van der Waals surface area contributed by atoms with Crippen LogP contribution in [0.3, 0.4) is 0 Å². The van der Waals surface area contributed by atoms with E-state index in [9.17, 15) is 43.9 Å². The Morgan fingerprint density at radius 3 is 0.970 bits per heavy atom. The highest BCUT2D eigenvalue weighted by atomic mass is 19.4. The van der Waals surface area contributed by atoms with Gasteiger partial charge in [-0.25, -0.2) is 17.6 Å². The first-order chi connectivity index (χ1) is 14.5. The number of halogens is 10.